The Labute approximate surface area is 109 Å². The van der Waals surface area contributed by atoms with Crippen molar-refractivity contribution in [3.05, 3.63) is 18.2 Å². The van der Waals surface area contributed by atoms with Crippen molar-refractivity contribution in [1.29, 1.82) is 5.26 Å². The van der Waals surface area contributed by atoms with Crippen molar-refractivity contribution in [3.63, 3.8) is 0 Å². The van der Waals surface area contributed by atoms with Gasteiger partial charge < -0.3 is 4.57 Å². The van der Waals surface area contributed by atoms with Crippen molar-refractivity contribution in [1.82, 2.24) is 19.4 Å². The topological polar surface area (TPSA) is 48.1 Å². The third-order valence-electron chi connectivity index (χ3n) is 3.53. The molecule has 0 amide bonds. The maximum Gasteiger partial charge on any atom is 0.108 e. The van der Waals surface area contributed by atoms with Gasteiger partial charge in [0.2, 0.25) is 0 Å². The number of imidazole rings is 1. The molecule has 0 aliphatic carbocycles. The fraction of sp³-hybridized carbons (Fsp3) is 0.692. The number of piperazine rings is 1. The van der Waals surface area contributed by atoms with E-state index in [1.807, 2.05) is 6.20 Å². The molecule has 5 nitrogen and oxygen atoms in total. The van der Waals surface area contributed by atoms with Gasteiger partial charge in [0.1, 0.15) is 5.82 Å². The fourth-order valence-corrected chi connectivity index (χ4v) is 2.38. The van der Waals surface area contributed by atoms with Gasteiger partial charge in [0.15, 0.2) is 0 Å². The highest BCUT2D eigenvalue weighted by molar-refractivity contribution is 4.91. The summed E-state index contributed by atoms with van der Waals surface area (Å²) in [6.07, 6.45) is 4.93. The van der Waals surface area contributed by atoms with E-state index in [4.69, 9.17) is 5.26 Å². The summed E-state index contributed by atoms with van der Waals surface area (Å²) in [4.78, 5) is 9.01. The average Bonchev–Trinajstić information content (AvgIpc) is 2.86. The lowest BCUT2D eigenvalue weighted by atomic mass is 10.3. The molecule has 1 fully saturated rings. The second kappa shape index (κ2) is 6.53. The zero-order chi connectivity index (χ0) is 12.8. The number of nitrogens with zero attached hydrogens (tertiary/aromatic N) is 5. The predicted molar refractivity (Wildman–Crippen MR) is 70.1 cm³/mol. The minimum absolute atomic E-state index is 0.565. The molecule has 1 aromatic rings. The summed E-state index contributed by atoms with van der Waals surface area (Å²) < 4.78 is 2.24. The molecule has 1 aliphatic rings. The molecule has 2 rings (SSSR count). The Morgan fingerprint density at radius 2 is 1.94 bits per heavy atom. The first-order chi connectivity index (χ1) is 8.83. The summed E-state index contributed by atoms with van der Waals surface area (Å²) in [5.74, 6) is 1.16. The van der Waals surface area contributed by atoms with Gasteiger partial charge in [-0.05, 0) is 0 Å². The maximum atomic E-state index is 8.65. The van der Waals surface area contributed by atoms with E-state index in [0.29, 0.717) is 6.54 Å². The summed E-state index contributed by atoms with van der Waals surface area (Å²) in [5, 5.41) is 8.65. The van der Waals surface area contributed by atoms with E-state index in [9.17, 15) is 0 Å². The van der Waals surface area contributed by atoms with Crippen LogP contribution >= 0.6 is 0 Å². The maximum absolute atomic E-state index is 8.65. The summed E-state index contributed by atoms with van der Waals surface area (Å²) in [5.41, 5.74) is 0. The second-order valence-corrected chi connectivity index (χ2v) is 4.67. The van der Waals surface area contributed by atoms with Gasteiger partial charge in [0.25, 0.3) is 0 Å². The van der Waals surface area contributed by atoms with Gasteiger partial charge in [-0.1, -0.05) is 6.92 Å². The molecular formula is C13H21N5. The summed E-state index contributed by atoms with van der Waals surface area (Å²) in [6.45, 7) is 8.95. The molecule has 0 atom stereocenters. The minimum atomic E-state index is 0.565. The van der Waals surface area contributed by atoms with Crippen LogP contribution in [0, 0.1) is 11.3 Å². The quantitative estimate of drug-likeness (QED) is 0.714. The van der Waals surface area contributed by atoms with Crippen LogP contribution in [0.2, 0.25) is 0 Å². The second-order valence-electron chi connectivity index (χ2n) is 4.67. The Kier molecular flexibility index (Phi) is 4.73. The first-order valence-electron chi connectivity index (χ1n) is 6.65. The van der Waals surface area contributed by atoms with Crippen LogP contribution in [0.15, 0.2) is 12.4 Å². The third kappa shape index (κ3) is 3.31. The van der Waals surface area contributed by atoms with E-state index in [0.717, 1.165) is 51.5 Å². The Bertz CT molecular complexity index is 398. The van der Waals surface area contributed by atoms with Gasteiger partial charge in [0.05, 0.1) is 12.6 Å². The minimum Gasteiger partial charge on any atom is -0.334 e. The lowest BCUT2D eigenvalue weighted by Gasteiger charge is -2.33. The lowest BCUT2D eigenvalue weighted by Crippen LogP contribution is -2.47. The number of aromatic nitrogens is 2. The molecule has 1 aliphatic heterocycles. The molecule has 0 N–H and O–H groups in total. The van der Waals surface area contributed by atoms with E-state index < -0.39 is 0 Å². The van der Waals surface area contributed by atoms with Gasteiger partial charge in [-0.15, -0.1) is 0 Å². The molecule has 98 valence electrons. The highest BCUT2D eigenvalue weighted by Crippen LogP contribution is 2.03. The molecule has 1 saturated heterocycles. The van der Waals surface area contributed by atoms with Crippen LogP contribution in [-0.4, -0.2) is 58.6 Å². The van der Waals surface area contributed by atoms with Crippen molar-refractivity contribution >= 4 is 0 Å². The predicted octanol–water partition coefficient (Wildman–Crippen LogP) is 0.587. The fourth-order valence-electron chi connectivity index (χ4n) is 2.38. The third-order valence-corrected chi connectivity index (χ3v) is 3.53. The molecule has 5 heteroatoms. The Morgan fingerprint density at radius 1 is 1.22 bits per heavy atom. The zero-order valence-electron chi connectivity index (χ0n) is 11.0. The number of nitriles is 1. The van der Waals surface area contributed by atoms with E-state index in [2.05, 4.69) is 38.5 Å². The molecule has 0 bridgehead atoms. The van der Waals surface area contributed by atoms with Crippen LogP contribution in [0.1, 0.15) is 12.7 Å². The highest BCUT2D eigenvalue weighted by Gasteiger charge is 2.16. The van der Waals surface area contributed by atoms with Crippen LogP contribution in [0.5, 0.6) is 0 Å². The van der Waals surface area contributed by atoms with Crippen LogP contribution < -0.4 is 0 Å². The highest BCUT2D eigenvalue weighted by atomic mass is 15.3. The Hall–Kier alpha value is -1.38. The molecule has 0 saturated carbocycles. The molecule has 0 unspecified atom stereocenters. The number of hydrogen-bond acceptors (Lipinski definition) is 4. The SMILES string of the molecule is CCc1nccn1CCN1CCN(CC#N)CC1. The number of hydrogen-bond donors (Lipinski definition) is 0. The van der Waals surface area contributed by atoms with Gasteiger partial charge >= 0.3 is 0 Å². The molecule has 2 heterocycles. The summed E-state index contributed by atoms with van der Waals surface area (Å²) in [7, 11) is 0. The largest absolute Gasteiger partial charge is 0.334 e. The van der Waals surface area contributed by atoms with Gasteiger partial charge in [0, 0.05) is 58.1 Å². The average molecular weight is 247 g/mol. The van der Waals surface area contributed by atoms with Crippen molar-refractivity contribution in [2.75, 3.05) is 39.3 Å². The van der Waals surface area contributed by atoms with Crippen LogP contribution in [-0.2, 0) is 13.0 Å². The zero-order valence-corrected chi connectivity index (χ0v) is 11.0. The number of rotatable bonds is 5. The van der Waals surface area contributed by atoms with E-state index >= 15 is 0 Å². The van der Waals surface area contributed by atoms with Crippen LogP contribution in [0.3, 0.4) is 0 Å². The normalized spacial score (nSPS) is 17.8. The summed E-state index contributed by atoms with van der Waals surface area (Å²) in [6, 6.07) is 2.22. The first-order valence-corrected chi connectivity index (χ1v) is 6.65. The molecule has 0 spiro atoms. The standard InChI is InChI=1S/C13H21N5/c1-2-13-15-4-6-18(13)12-11-17-9-7-16(5-3-14)8-10-17/h4,6H,2,5,7-12H2,1H3. The molecule has 18 heavy (non-hydrogen) atoms. The van der Waals surface area contributed by atoms with Crippen molar-refractivity contribution in [3.8, 4) is 6.07 Å². The number of aryl methyl sites for hydroxylation is 1. The molecular weight excluding hydrogens is 226 g/mol. The monoisotopic (exact) mass is 247 g/mol. The van der Waals surface area contributed by atoms with Crippen molar-refractivity contribution in [2.45, 2.75) is 19.9 Å². The van der Waals surface area contributed by atoms with E-state index in [-0.39, 0.29) is 0 Å². The smallest absolute Gasteiger partial charge is 0.108 e. The van der Waals surface area contributed by atoms with Crippen molar-refractivity contribution < 1.29 is 0 Å². The summed E-state index contributed by atoms with van der Waals surface area (Å²) >= 11 is 0. The molecule has 0 aromatic carbocycles. The lowest BCUT2D eigenvalue weighted by molar-refractivity contribution is 0.140. The molecule has 0 radical (unpaired) electrons. The first kappa shape index (κ1) is 13.1. The Balaban J connectivity index is 1.74. The van der Waals surface area contributed by atoms with Crippen molar-refractivity contribution in [2.24, 2.45) is 0 Å². The van der Waals surface area contributed by atoms with Crippen LogP contribution in [0.4, 0.5) is 0 Å². The van der Waals surface area contributed by atoms with Gasteiger partial charge in [-0.25, -0.2) is 4.98 Å². The van der Waals surface area contributed by atoms with Gasteiger partial charge in [-0.2, -0.15) is 5.26 Å². The van der Waals surface area contributed by atoms with E-state index in [1.165, 1.54) is 0 Å². The Morgan fingerprint density at radius 3 is 2.61 bits per heavy atom. The van der Waals surface area contributed by atoms with Crippen LogP contribution in [0.25, 0.3) is 0 Å². The van der Waals surface area contributed by atoms with Gasteiger partial charge in [-0.3, -0.25) is 9.80 Å². The molecule has 1 aromatic heterocycles. The van der Waals surface area contributed by atoms with E-state index in [1.54, 1.807) is 0 Å².